The van der Waals surface area contributed by atoms with Crippen molar-refractivity contribution < 1.29 is 23.5 Å². The van der Waals surface area contributed by atoms with E-state index in [9.17, 15) is 18.8 Å². The lowest BCUT2D eigenvalue weighted by Crippen LogP contribution is -2.30. The first-order valence-corrected chi connectivity index (χ1v) is 7.95. The number of nitrogens with one attached hydrogen (secondary N) is 3. The number of H-pyrrole nitrogens is 2. The molecule has 0 aliphatic rings. The Hall–Kier alpha value is -3.62. The van der Waals surface area contributed by atoms with Gasteiger partial charge in [0.25, 0.3) is 5.91 Å². The number of rotatable bonds is 5. The van der Waals surface area contributed by atoms with Gasteiger partial charge in [0, 0.05) is 11.8 Å². The molecule has 3 aromatic rings. The maximum atomic E-state index is 13.9. The van der Waals surface area contributed by atoms with Gasteiger partial charge in [-0.3, -0.25) is 4.79 Å². The standard InChI is InChI=1S/C18H16FN3O5/c1-9(27-17(24)12-5-4-11(26-2)8-13(12)19)16(23)20-10-3-6-14-15(7-10)22-18(25)21-14/h3-9H,1-2H3,(H,20,23)(H2,21,22,25)/t9-/m1/s1. The molecule has 0 bridgehead atoms. The van der Waals surface area contributed by atoms with Crippen LogP contribution in [-0.2, 0) is 9.53 Å². The highest BCUT2D eigenvalue weighted by Crippen LogP contribution is 2.18. The molecular formula is C18H16FN3O5. The summed E-state index contributed by atoms with van der Waals surface area (Å²) in [6.45, 7) is 1.37. The fourth-order valence-electron chi connectivity index (χ4n) is 2.42. The normalized spacial score (nSPS) is 11.8. The number of carbonyl (C=O) groups excluding carboxylic acids is 2. The largest absolute Gasteiger partial charge is 0.497 e. The lowest BCUT2D eigenvalue weighted by molar-refractivity contribution is -0.123. The van der Waals surface area contributed by atoms with Crippen LogP contribution in [0.5, 0.6) is 5.75 Å². The second kappa shape index (κ2) is 7.32. The number of ether oxygens (including phenoxy) is 2. The van der Waals surface area contributed by atoms with Crippen molar-refractivity contribution in [3.63, 3.8) is 0 Å². The summed E-state index contributed by atoms with van der Waals surface area (Å²) in [4.78, 5) is 40.7. The number of carbonyl (C=O) groups is 2. The number of esters is 1. The Morgan fingerprint density at radius 3 is 2.56 bits per heavy atom. The van der Waals surface area contributed by atoms with Gasteiger partial charge in [-0.2, -0.15) is 0 Å². The minimum absolute atomic E-state index is 0.257. The van der Waals surface area contributed by atoms with Crippen LogP contribution in [0, 0.1) is 5.82 Å². The second-order valence-electron chi connectivity index (χ2n) is 5.72. The summed E-state index contributed by atoms with van der Waals surface area (Å²) < 4.78 is 23.8. The smallest absolute Gasteiger partial charge is 0.341 e. The van der Waals surface area contributed by atoms with Crippen molar-refractivity contribution in [2.24, 2.45) is 0 Å². The average molecular weight is 373 g/mol. The Balaban J connectivity index is 1.67. The monoisotopic (exact) mass is 373 g/mol. The molecular weight excluding hydrogens is 357 g/mol. The molecule has 1 atom stereocenters. The van der Waals surface area contributed by atoms with Crippen molar-refractivity contribution in [2.45, 2.75) is 13.0 Å². The molecule has 27 heavy (non-hydrogen) atoms. The van der Waals surface area contributed by atoms with Crippen LogP contribution in [0.3, 0.4) is 0 Å². The summed E-state index contributed by atoms with van der Waals surface area (Å²) in [5.74, 6) is -2.13. The van der Waals surface area contributed by atoms with E-state index in [0.29, 0.717) is 16.7 Å². The molecule has 0 unspecified atom stereocenters. The van der Waals surface area contributed by atoms with Crippen LogP contribution >= 0.6 is 0 Å². The minimum atomic E-state index is -1.17. The molecule has 2 aromatic carbocycles. The highest BCUT2D eigenvalue weighted by molar-refractivity contribution is 5.98. The van der Waals surface area contributed by atoms with Crippen molar-refractivity contribution in [2.75, 3.05) is 12.4 Å². The van der Waals surface area contributed by atoms with E-state index in [0.717, 1.165) is 6.07 Å². The van der Waals surface area contributed by atoms with E-state index >= 15 is 0 Å². The number of benzene rings is 2. The number of imidazole rings is 1. The fraction of sp³-hybridized carbons (Fsp3) is 0.167. The van der Waals surface area contributed by atoms with E-state index in [1.165, 1.54) is 26.2 Å². The van der Waals surface area contributed by atoms with Crippen LogP contribution in [0.2, 0.25) is 0 Å². The quantitative estimate of drug-likeness (QED) is 0.593. The van der Waals surface area contributed by atoms with Crippen molar-refractivity contribution in [1.29, 1.82) is 0 Å². The second-order valence-corrected chi connectivity index (χ2v) is 5.72. The van der Waals surface area contributed by atoms with Gasteiger partial charge in [0.1, 0.15) is 11.6 Å². The molecule has 0 aliphatic carbocycles. The first kappa shape index (κ1) is 18.2. The third-order valence-electron chi connectivity index (χ3n) is 3.83. The van der Waals surface area contributed by atoms with Crippen LogP contribution in [0.15, 0.2) is 41.2 Å². The van der Waals surface area contributed by atoms with Gasteiger partial charge in [-0.25, -0.2) is 14.0 Å². The number of anilines is 1. The number of halogens is 1. The van der Waals surface area contributed by atoms with E-state index in [1.54, 1.807) is 18.2 Å². The molecule has 0 aliphatic heterocycles. The SMILES string of the molecule is COc1ccc(C(=O)O[C@H](C)C(=O)Nc2ccc3[nH]c(=O)[nH]c3c2)c(F)c1. The zero-order valence-electron chi connectivity index (χ0n) is 14.5. The number of aromatic amines is 2. The first-order valence-electron chi connectivity index (χ1n) is 7.95. The first-order chi connectivity index (χ1) is 12.9. The highest BCUT2D eigenvalue weighted by Gasteiger charge is 2.21. The van der Waals surface area contributed by atoms with E-state index < -0.39 is 23.8 Å². The Bertz CT molecular complexity index is 1070. The predicted octanol–water partition coefficient (Wildman–Crippen LogP) is 2.19. The van der Waals surface area contributed by atoms with Gasteiger partial charge in [0.15, 0.2) is 6.10 Å². The summed E-state index contributed by atoms with van der Waals surface area (Å²) in [6.07, 6.45) is -1.17. The molecule has 0 saturated carbocycles. The highest BCUT2D eigenvalue weighted by atomic mass is 19.1. The lowest BCUT2D eigenvalue weighted by atomic mass is 10.2. The number of methoxy groups -OCH3 is 1. The number of hydrogen-bond acceptors (Lipinski definition) is 5. The third-order valence-corrected chi connectivity index (χ3v) is 3.83. The summed E-state index contributed by atoms with van der Waals surface area (Å²) >= 11 is 0. The van der Waals surface area contributed by atoms with Gasteiger partial charge >= 0.3 is 11.7 Å². The summed E-state index contributed by atoms with van der Waals surface area (Å²) in [6, 6.07) is 8.44. The van der Waals surface area contributed by atoms with Crippen LogP contribution in [-0.4, -0.2) is 35.1 Å². The predicted molar refractivity (Wildman–Crippen MR) is 95.4 cm³/mol. The fourth-order valence-corrected chi connectivity index (χ4v) is 2.42. The number of hydrogen-bond donors (Lipinski definition) is 3. The van der Waals surface area contributed by atoms with Crippen LogP contribution in [0.4, 0.5) is 10.1 Å². The summed E-state index contributed by atoms with van der Waals surface area (Å²) in [5, 5.41) is 2.57. The van der Waals surface area contributed by atoms with Gasteiger partial charge < -0.3 is 24.8 Å². The molecule has 0 radical (unpaired) electrons. The van der Waals surface area contributed by atoms with Crippen LogP contribution in [0.25, 0.3) is 11.0 Å². The lowest BCUT2D eigenvalue weighted by Gasteiger charge is -2.14. The molecule has 140 valence electrons. The van der Waals surface area contributed by atoms with Gasteiger partial charge in [-0.05, 0) is 37.3 Å². The van der Waals surface area contributed by atoms with E-state index in [2.05, 4.69) is 15.3 Å². The van der Waals surface area contributed by atoms with E-state index in [1.807, 2.05) is 0 Å². The molecule has 3 N–H and O–H groups in total. The topological polar surface area (TPSA) is 113 Å². The molecule has 8 nitrogen and oxygen atoms in total. The van der Waals surface area contributed by atoms with Crippen molar-refractivity contribution >= 4 is 28.6 Å². The van der Waals surface area contributed by atoms with Gasteiger partial charge in [0.05, 0.1) is 23.7 Å². The van der Waals surface area contributed by atoms with Crippen molar-refractivity contribution in [3.05, 3.63) is 58.3 Å². The summed E-state index contributed by atoms with van der Waals surface area (Å²) in [7, 11) is 1.37. The molecule has 0 spiro atoms. The minimum Gasteiger partial charge on any atom is -0.497 e. The van der Waals surface area contributed by atoms with Gasteiger partial charge in [0.2, 0.25) is 0 Å². The zero-order valence-corrected chi connectivity index (χ0v) is 14.5. The van der Waals surface area contributed by atoms with Crippen molar-refractivity contribution in [3.8, 4) is 5.75 Å². The third kappa shape index (κ3) is 3.97. The van der Waals surface area contributed by atoms with Crippen molar-refractivity contribution in [1.82, 2.24) is 9.97 Å². The molecule has 1 heterocycles. The molecule has 9 heteroatoms. The Kier molecular flexibility index (Phi) is 4.93. The Morgan fingerprint density at radius 2 is 1.85 bits per heavy atom. The Morgan fingerprint density at radius 1 is 1.11 bits per heavy atom. The molecule has 0 saturated heterocycles. The molecule has 1 amide bonds. The average Bonchev–Trinajstić information content (AvgIpc) is 3.00. The Labute approximate surface area is 152 Å². The number of fused-ring (bicyclic) bond motifs is 1. The number of amides is 1. The maximum absolute atomic E-state index is 13.9. The van der Waals surface area contributed by atoms with Crippen LogP contribution < -0.4 is 15.7 Å². The van der Waals surface area contributed by atoms with E-state index in [-0.39, 0.29) is 17.0 Å². The van der Waals surface area contributed by atoms with Gasteiger partial charge in [-0.1, -0.05) is 0 Å². The van der Waals surface area contributed by atoms with Gasteiger partial charge in [-0.15, -0.1) is 0 Å². The molecule has 0 fully saturated rings. The molecule has 1 aromatic heterocycles. The zero-order chi connectivity index (χ0) is 19.6. The molecule has 3 rings (SSSR count). The van der Waals surface area contributed by atoms with Crippen LogP contribution in [0.1, 0.15) is 17.3 Å². The van der Waals surface area contributed by atoms with E-state index in [4.69, 9.17) is 9.47 Å². The summed E-state index contributed by atoms with van der Waals surface area (Å²) in [5.41, 5.74) is 0.843. The maximum Gasteiger partial charge on any atom is 0.341 e. The number of aromatic nitrogens is 2.